The van der Waals surface area contributed by atoms with Gasteiger partial charge in [-0.25, -0.2) is 0 Å². The number of hydrogen-bond acceptors (Lipinski definition) is 2. The summed E-state index contributed by atoms with van der Waals surface area (Å²) in [6.45, 7) is 3.41. The van der Waals surface area contributed by atoms with E-state index >= 15 is 0 Å². The van der Waals surface area contributed by atoms with Gasteiger partial charge in [0.25, 0.3) is 0 Å². The number of ketones is 1. The van der Waals surface area contributed by atoms with E-state index in [0.717, 1.165) is 11.1 Å². The molecular weight excluding hydrogens is 298 g/mol. The molecular formula is C18H18ClNO2. The van der Waals surface area contributed by atoms with Crippen LogP contribution in [0.15, 0.2) is 48.5 Å². The number of aryl methyl sites for hydroxylation is 1. The van der Waals surface area contributed by atoms with Crippen molar-refractivity contribution in [2.75, 3.05) is 0 Å². The monoisotopic (exact) mass is 315 g/mol. The molecule has 0 saturated carbocycles. The predicted octanol–water partition coefficient (Wildman–Crippen LogP) is 4.10. The molecule has 0 aliphatic heterocycles. The first-order chi connectivity index (χ1) is 10.5. The summed E-state index contributed by atoms with van der Waals surface area (Å²) in [7, 11) is 0. The third-order valence-electron chi connectivity index (χ3n) is 3.39. The highest BCUT2D eigenvalue weighted by Gasteiger charge is 2.18. The molecule has 1 atom stereocenters. The fraction of sp³-hybridized carbons (Fsp3) is 0.222. The number of amides is 1. The fourth-order valence-corrected chi connectivity index (χ4v) is 2.46. The van der Waals surface area contributed by atoms with Gasteiger partial charge in [0.05, 0.1) is 6.04 Å². The summed E-state index contributed by atoms with van der Waals surface area (Å²) in [5.74, 6) is -0.194. The van der Waals surface area contributed by atoms with Gasteiger partial charge in [0.2, 0.25) is 5.91 Å². The van der Waals surface area contributed by atoms with Crippen molar-refractivity contribution in [3.8, 4) is 0 Å². The average molecular weight is 316 g/mol. The Morgan fingerprint density at radius 3 is 2.41 bits per heavy atom. The van der Waals surface area contributed by atoms with Crippen LogP contribution in [0.5, 0.6) is 0 Å². The molecule has 114 valence electrons. The van der Waals surface area contributed by atoms with Crippen molar-refractivity contribution in [2.24, 2.45) is 0 Å². The lowest BCUT2D eigenvalue weighted by atomic mass is 9.97. The van der Waals surface area contributed by atoms with Crippen LogP contribution < -0.4 is 5.32 Å². The molecule has 1 N–H and O–H groups in total. The summed E-state index contributed by atoms with van der Waals surface area (Å²) in [6, 6.07) is 14.2. The molecule has 2 rings (SSSR count). The van der Waals surface area contributed by atoms with Gasteiger partial charge in [-0.1, -0.05) is 53.6 Å². The van der Waals surface area contributed by atoms with Crippen molar-refractivity contribution in [1.82, 2.24) is 5.32 Å². The first-order valence-corrected chi connectivity index (χ1v) is 7.46. The molecule has 4 heteroatoms. The molecule has 22 heavy (non-hydrogen) atoms. The van der Waals surface area contributed by atoms with Crippen LogP contribution in [-0.2, 0) is 4.79 Å². The van der Waals surface area contributed by atoms with Gasteiger partial charge in [-0.2, -0.15) is 0 Å². The Balaban J connectivity index is 2.21. The van der Waals surface area contributed by atoms with Gasteiger partial charge < -0.3 is 5.32 Å². The minimum Gasteiger partial charge on any atom is -0.349 e. The van der Waals surface area contributed by atoms with Gasteiger partial charge >= 0.3 is 0 Å². The van der Waals surface area contributed by atoms with Crippen LogP contribution in [0.1, 0.15) is 40.9 Å². The van der Waals surface area contributed by atoms with Gasteiger partial charge in [0.1, 0.15) is 0 Å². The minimum atomic E-state index is -0.384. The summed E-state index contributed by atoms with van der Waals surface area (Å²) in [4.78, 5) is 23.8. The molecule has 0 saturated heterocycles. The number of nitrogens with one attached hydrogen (secondary N) is 1. The zero-order valence-corrected chi connectivity index (χ0v) is 13.4. The topological polar surface area (TPSA) is 46.2 Å². The van der Waals surface area contributed by atoms with Crippen molar-refractivity contribution in [1.29, 1.82) is 0 Å². The van der Waals surface area contributed by atoms with Gasteiger partial charge in [0.15, 0.2) is 5.78 Å². The average Bonchev–Trinajstić information content (AvgIpc) is 2.46. The number of halogens is 1. The molecule has 3 nitrogen and oxygen atoms in total. The highest BCUT2D eigenvalue weighted by atomic mass is 35.5. The maximum atomic E-state index is 12.4. The van der Waals surface area contributed by atoms with Crippen LogP contribution in [-0.4, -0.2) is 11.7 Å². The summed E-state index contributed by atoms with van der Waals surface area (Å²) in [5, 5.41) is 3.40. The largest absolute Gasteiger partial charge is 0.349 e. The Kier molecular flexibility index (Phi) is 5.34. The van der Waals surface area contributed by atoms with Crippen LogP contribution in [0.4, 0.5) is 0 Å². The van der Waals surface area contributed by atoms with E-state index in [1.807, 2.05) is 31.2 Å². The SMILES string of the molecule is CC(=O)NC(CC(=O)c1ccc(C)cc1)c1cccc(Cl)c1. The van der Waals surface area contributed by atoms with E-state index in [1.54, 1.807) is 24.3 Å². The number of hydrogen-bond donors (Lipinski definition) is 1. The van der Waals surface area contributed by atoms with Gasteiger partial charge in [0, 0.05) is 23.9 Å². The Labute approximate surface area is 135 Å². The standard InChI is InChI=1S/C18H18ClNO2/c1-12-6-8-14(9-7-12)18(22)11-17(20-13(2)21)15-4-3-5-16(19)10-15/h3-10,17H,11H2,1-2H3,(H,20,21). The zero-order valence-electron chi connectivity index (χ0n) is 12.6. The second-order valence-corrected chi connectivity index (χ2v) is 5.74. The zero-order chi connectivity index (χ0) is 16.1. The maximum absolute atomic E-state index is 12.4. The van der Waals surface area contributed by atoms with E-state index in [-0.39, 0.29) is 24.2 Å². The van der Waals surface area contributed by atoms with Crippen molar-refractivity contribution in [2.45, 2.75) is 26.3 Å². The Morgan fingerprint density at radius 2 is 1.82 bits per heavy atom. The molecule has 0 spiro atoms. The number of benzene rings is 2. The van der Waals surface area contributed by atoms with Crippen molar-refractivity contribution < 1.29 is 9.59 Å². The van der Waals surface area contributed by atoms with E-state index in [9.17, 15) is 9.59 Å². The molecule has 0 radical (unpaired) electrons. The van der Waals surface area contributed by atoms with E-state index in [1.165, 1.54) is 6.92 Å². The van der Waals surface area contributed by atoms with Crippen LogP contribution in [0, 0.1) is 6.92 Å². The van der Waals surface area contributed by atoms with Crippen LogP contribution in [0.25, 0.3) is 0 Å². The van der Waals surface area contributed by atoms with E-state index in [4.69, 9.17) is 11.6 Å². The third-order valence-corrected chi connectivity index (χ3v) is 3.63. The molecule has 2 aromatic carbocycles. The molecule has 0 aromatic heterocycles. The predicted molar refractivity (Wildman–Crippen MR) is 88.1 cm³/mol. The summed E-state index contributed by atoms with van der Waals surface area (Å²) >= 11 is 6.00. The smallest absolute Gasteiger partial charge is 0.217 e. The maximum Gasteiger partial charge on any atom is 0.217 e. The fourth-order valence-electron chi connectivity index (χ4n) is 2.26. The highest BCUT2D eigenvalue weighted by Crippen LogP contribution is 2.22. The summed E-state index contributed by atoms with van der Waals surface area (Å²) < 4.78 is 0. The molecule has 0 bridgehead atoms. The Bertz CT molecular complexity index is 680. The van der Waals surface area contributed by atoms with Gasteiger partial charge in [-0.3, -0.25) is 9.59 Å². The lowest BCUT2D eigenvalue weighted by Crippen LogP contribution is -2.28. The van der Waals surface area contributed by atoms with Crippen molar-refractivity contribution in [3.05, 3.63) is 70.2 Å². The molecule has 1 amide bonds. The number of Topliss-reactive ketones (excluding diaryl/α,β-unsaturated/α-hetero) is 1. The van der Waals surface area contributed by atoms with Crippen molar-refractivity contribution >= 4 is 23.3 Å². The summed E-state index contributed by atoms with van der Waals surface area (Å²) in [6.07, 6.45) is 0.197. The third kappa shape index (κ3) is 4.43. The molecule has 0 aliphatic rings. The van der Waals surface area contributed by atoms with E-state index in [0.29, 0.717) is 10.6 Å². The Morgan fingerprint density at radius 1 is 1.14 bits per heavy atom. The first kappa shape index (κ1) is 16.2. The van der Waals surface area contributed by atoms with E-state index < -0.39 is 0 Å². The van der Waals surface area contributed by atoms with Gasteiger partial charge in [-0.15, -0.1) is 0 Å². The van der Waals surface area contributed by atoms with Crippen LogP contribution in [0.2, 0.25) is 5.02 Å². The van der Waals surface area contributed by atoms with Crippen LogP contribution in [0.3, 0.4) is 0 Å². The molecule has 0 fully saturated rings. The molecule has 0 heterocycles. The molecule has 0 aliphatic carbocycles. The Hall–Kier alpha value is -2.13. The highest BCUT2D eigenvalue weighted by molar-refractivity contribution is 6.30. The van der Waals surface area contributed by atoms with E-state index in [2.05, 4.69) is 5.32 Å². The number of carbonyl (C=O) groups is 2. The quantitative estimate of drug-likeness (QED) is 0.844. The minimum absolute atomic E-state index is 0.0151. The first-order valence-electron chi connectivity index (χ1n) is 7.08. The lowest BCUT2D eigenvalue weighted by Gasteiger charge is -2.18. The second-order valence-electron chi connectivity index (χ2n) is 5.30. The number of rotatable bonds is 5. The molecule has 2 aromatic rings. The normalized spacial score (nSPS) is 11.8. The van der Waals surface area contributed by atoms with Gasteiger partial charge in [-0.05, 0) is 24.6 Å². The van der Waals surface area contributed by atoms with Crippen LogP contribution >= 0.6 is 11.6 Å². The second kappa shape index (κ2) is 7.23. The summed E-state index contributed by atoms with van der Waals surface area (Å²) in [5.41, 5.74) is 2.57. The lowest BCUT2D eigenvalue weighted by molar-refractivity contribution is -0.119. The number of carbonyl (C=O) groups excluding carboxylic acids is 2. The van der Waals surface area contributed by atoms with Crippen molar-refractivity contribution in [3.63, 3.8) is 0 Å². The molecule has 1 unspecified atom stereocenters.